The molecule has 1 aromatic heterocycles. The highest BCUT2D eigenvalue weighted by atomic mass is 15.0. The fourth-order valence-corrected chi connectivity index (χ4v) is 1.53. The Morgan fingerprint density at radius 3 is 3.00 bits per heavy atom. The maximum atomic E-state index is 4.04. The van der Waals surface area contributed by atoms with Crippen molar-refractivity contribution in [2.75, 3.05) is 0 Å². The normalized spacial score (nSPS) is 23.8. The highest BCUT2D eigenvalue weighted by Gasteiger charge is 2.09. The van der Waals surface area contributed by atoms with Gasteiger partial charge in [0.05, 0.1) is 6.33 Å². The van der Waals surface area contributed by atoms with Crippen LogP contribution < -0.4 is 0 Å². The Morgan fingerprint density at radius 1 is 1.36 bits per heavy atom. The summed E-state index contributed by atoms with van der Waals surface area (Å²) in [4.78, 5) is 4.04. The molecule has 0 amide bonds. The predicted molar refractivity (Wildman–Crippen MR) is 44.3 cm³/mol. The van der Waals surface area contributed by atoms with Crippen molar-refractivity contribution in [2.24, 2.45) is 0 Å². The van der Waals surface area contributed by atoms with Gasteiger partial charge in [0.2, 0.25) is 0 Å². The smallest absolute Gasteiger partial charge is 0.0948 e. The van der Waals surface area contributed by atoms with E-state index < -0.39 is 0 Å². The lowest BCUT2D eigenvalue weighted by Gasteiger charge is -2.18. The molecule has 1 aromatic rings. The first-order valence-corrected chi connectivity index (χ1v) is 4.09. The van der Waals surface area contributed by atoms with Crippen molar-refractivity contribution >= 4 is 0 Å². The van der Waals surface area contributed by atoms with E-state index in [1.54, 1.807) is 0 Å². The van der Waals surface area contributed by atoms with E-state index >= 15 is 0 Å². The maximum Gasteiger partial charge on any atom is 0.0948 e. The minimum Gasteiger partial charge on any atom is -0.334 e. The van der Waals surface area contributed by atoms with Crippen molar-refractivity contribution < 1.29 is 0 Å². The van der Waals surface area contributed by atoms with Gasteiger partial charge in [0.1, 0.15) is 0 Å². The molecule has 2 rings (SSSR count). The van der Waals surface area contributed by atoms with Crippen LogP contribution in [-0.4, -0.2) is 9.55 Å². The zero-order chi connectivity index (χ0) is 7.52. The fourth-order valence-electron chi connectivity index (χ4n) is 1.53. The molecule has 0 aromatic carbocycles. The maximum absolute atomic E-state index is 4.04. The van der Waals surface area contributed by atoms with Gasteiger partial charge in [-0.1, -0.05) is 12.2 Å². The van der Waals surface area contributed by atoms with Crippen molar-refractivity contribution in [3.63, 3.8) is 0 Å². The highest BCUT2D eigenvalue weighted by Crippen LogP contribution is 2.22. The molecule has 1 aliphatic rings. The number of nitrogens with zero attached hydrogens (tertiary/aromatic N) is 2. The van der Waals surface area contributed by atoms with E-state index in [1.165, 1.54) is 12.8 Å². The molecule has 1 unspecified atom stereocenters. The Balaban J connectivity index is 2.11. The zero-order valence-corrected chi connectivity index (χ0v) is 6.48. The number of aromatic nitrogens is 2. The summed E-state index contributed by atoms with van der Waals surface area (Å²) in [5, 5.41) is 0. The van der Waals surface area contributed by atoms with E-state index in [-0.39, 0.29) is 0 Å². The van der Waals surface area contributed by atoms with E-state index in [2.05, 4.69) is 21.7 Å². The summed E-state index contributed by atoms with van der Waals surface area (Å²) < 4.78 is 2.20. The highest BCUT2D eigenvalue weighted by molar-refractivity contribution is 4.94. The van der Waals surface area contributed by atoms with Gasteiger partial charge >= 0.3 is 0 Å². The lowest BCUT2D eigenvalue weighted by atomic mass is 10.0. The Hall–Kier alpha value is -1.05. The largest absolute Gasteiger partial charge is 0.334 e. The third kappa shape index (κ3) is 1.34. The van der Waals surface area contributed by atoms with E-state index in [1.807, 2.05) is 18.7 Å². The SMILES string of the molecule is C1=CCC(n2ccnc2)CC1. The lowest BCUT2D eigenvalue weighted by Crippen LogP contribution is -2.07. The van der Waals surface area contributed by atoms with Crippen molar-refractivity contribution in [1.82, 2.24) is 9.55 Å². The average Bonchev–Trinajstić information content (AvgIpc) is 2.58. The molecule has 1 heterocycles. The van der Waals surface area contributed by atoms with Crippen LogP contribution >= 0.6 is 0 Å². The summed E-state index contributed by atoms with van der Waals surface area (Å²) in [6, 6.07) is 0.655. The van der Waals surface area contributed by atoms with E-state index in [0.717, 1.165) is 6.42 Å². The van der Waals surface area contributed by atoms with Crippen LogP contribution in [0.1, 0.15) is 25.3 Å². The van der Waals surface area contributed by atoms with Crippen LogP contribution in [0.2, 0.25) is 0 Å². The molecule has 0 N–H and O–H groups in total. The van der Waals surface area contributed by atoms with E-state index in [9.17, 15) is 0 Å². The fraction of sp³-hybridized carbons (Fsp3) is 0.444. The molecule has 0 bridgehead atoms. The minimum atomic E-state index is 0.655. The molecular weight excluding hydrogens is 136 g/mol. The third-order valence-electron chi connectivity index (χ3n) is 2.19. The first kappa shape index (κ1) is 6.65. The van der Waals surface area contributed by atoms with Gasteiger partial charge in [-0.2, -0.15) is 0 Å². The summed E-state index contributed by atoms with van der Waals surface area (Å²) >= 11 is 0. The monoisotopic (exact) mass is 148 g/mol. The first-order valence-electron chi connectivity index (χ1n) is 4.09. The predicted octanol–water partition coefficient (Wildman–Crippen LogP) is 2.16. The van der Waals surface area contributed by atoms with Gasteiger partial charge in [0.25, 0.3) is 0 Å². The molecule has 0 spiro atoms. The Labute approximate surface area is 66.6 Å². The van der Waals surface area contributed by atoms with Crippen molar-refractivity contribution in [1.29, 1.82) is 0 Å². The molecule has 0 saturated heterocycles. The summed E-state index contributed by atoms with van der Waals surface area (Å²) in [5.74, 6) is 0. The molecule has 1 atom stereocenters. The summed E-state index contributed by atoms with van der Waals surface area (Å²) in [7, 11) is 0. The quantitative estimate of drug-likeness (QED) is 0.558. The number of rotatable bonds is 1. The number of hydrogen-bond donors (Lipinski definition) is 0. The lowest BCUT2D eigenvalue weighted by molar-refractivity contribution is 0.460. The summed E-state index contributed by atoms with van der Waals surface area (Å²) in [5.41, 5.74) is 0. The van der Waals surface area contributed by atoms with E-state index in [4.69, 9.17) is 0 Å². The molecule has 0 radical (unpaired) electrons. The van der Waals surface area contributed by atoms with Gasteiger partial charge in [-0.15, -0.1) is 0 Å². The van der Waals surface area contributed by atoms with Gasteiger partial charge in [-0.05, 0) is 19.3 Å². The number of allylic oxidation sites excluding steroid dienone is 2. The van der Waals surface area contributed by atoms with Crippen LogP contribution in [0.4, 0.5) is 0 Å². The van der Waals surface area contributed by atoms with Crippen LogP contribution in [0.25, 0.3) is 0 Å². The molecule has 2 nitrogen and oxygen atoms in total. The molecular formula is C9H12N2. The first-order chi connectivity index (χ1) is 5.47. The average molecular weight is 148 g/mol. The molecule has 0 fully saturated rings. The number of imidazole rings is 1. The van der Waals surface area contributed by atoms with Crippen LogP contribution in [-0.2, 0) is 0 Å². The molecule has 11 heavy (non-hydrogen) atoms. The van der Waals surface area contributed by atoms with Gasteiger partial charge < -0.3 is 4.57 Å². The van der Waals surface area contributed by atoms with Gasteiger partial charge in [-0.25, -0.2) is 4.98 Å². The second-order valence-electron chi connectivity index (χ2n) is 2.95. The van der Waals surface area contributed by atoms with Crippen LogP contribution in [0.5, 0.6) is 0 Å². The van der Waals surface area contributed by atoms with Gasteiger partial charge in [-0.3, -0.25) is 0 Å². The second-order valence-corrected chi connectivity index (χ2v) is 2.95. The molecule has 0 aliphatic heterocycles. The van der Waals surface area contributed by atoms with Crippen LogP contribution in [0.3, 0.4) is 0 Å². The zero-order valence-electron chi connectivity index (χ0n) is 6.48. The number of hydrogen-bond acceptors (Lipinski definition) is 1. The summed E-state index contributed by atoms with van der Waals surface area (Å²) in [6.07, 6.45) is 13.9. The van der Waals surface area contributed by atoms with Crippen LogP contribution in [0.15, 0.2) is 30.9 Å². The van der Waals surface area contributed by atoms with E-state index in [0.29, 0.717) is 6.04 Å². The van der Waals surface area contributed by atoms with Gasteiger partial charge in [0, 0.05) is 18.4 Å². The van der Waals surface area contributed by atoms with Gasteiger partial charge in [0.15, 0.2) is 0 Å². The van der Waals surface area contributed by atoms with Crippen molar-refractivity contribution in [3.05, 3.63) is 30.9 Å². The van der Waals surface area contributed by atoms with Crippen LogP contribution in [0, 0.1) is 0 Å². The van der Waals surface area contributed by atoms with Crippen molar-refractivity contribution in [3.8, 4) is 0 Å². The molecule has 1 aliphatic carbocycles. The molecule has 58 valence electrons. The Morgan fingerprint density at radius 2 is 2.36 bits per heavy atom. The molecule has 0 saturated carbocycles. The van der Waals surface area contributed by atoms with Crippen molar-refractivity contribution in [2.45, 2.75) is 25.3 Å². The Bertz CT molecular complexity index is 236. The Kier molecular flexibility index (Phi) is 1.76. The minimum absolute atomic E-state index is 0.655. The standard InChI is InChI=1S/C9H12N2/c1-2-4-9(5-3-1)11-7-6-10-8-11/h1-2,6-9H,3-5H2. The second kappa shape index (κ2) is 2.91. The topological polar surface area (TPSA) is 17.8 Å². The summed E-state index contributed by atoms with van der Waals surface area (Å²) in [6.45, 7) is 0. The third-order valence-corrected chi connectivity index (χ3v) is 2.19. The molecule has 2 heteroatoms.